The zero-order valence-electron chi connectivity index (χ0n) is 16.2. The van der Waals surface area contributed by atoms with Crippen LogP contribution in [0.4, 0.5) is 0 Å². The average Bonchev–Trinajstić information content (AvgIpc) is 2.71. The van der Waals surface area contributed by atoms with Crippen LogP contribution in [0.2, 0.25) is 0 Å². The molecule has 0 spiro atoms. The fourth-order valence-electron chi connectivity index (χ4n) is 3.74. The first kappa shape index (κ1) is 18.4. The fraction of sp³-hybridized carbons (Fsp3) is 0.304. The van der Waals surface area contributed by atoms with Gasteiger partial charge in [0.2, 0.25) is 0 Å². The summed E-state index contributed by atoms with van der Waals surface area (Å²) in [4.78, 5) is 27.2. The van der Waals surface area contributed by atoms with Gasteiger partial charge in [-0.15, -0.1) is 0 Å². The first-order valence-corrected chi connectivity index (χ1v) is 9.57. The minimum absolute atomic E-state index is 0.0403. The van der Waals surface area contributed by atoms with E-state index in [1.165, 1.54) is 11.1 Å². The van der Waals surface area contributed by atoms with Crippen LogP contribution in [0.5, 0.6) is 0 Å². The van der Waals surface area contributed by atoms with Gasteiger partial charge in [0.15, 0.2) is 0 Å². The van der Waals surface area contributed by atoms with Crippen LogP contribution in [-0.4, -0.2) is 29.4 Å². The quantitative estimate of drug-likeness (QED) is 0.709. The standard InChI is InChI=1S/C23H24N2O3/c1-23(2,25-12-11-16-7-3-4-9-18(16)14-25)15-24-21(26)19-13-17-8-5-6-10-20(17)28-22(19)27/h3-10,13H,11-12,14-15H2,1-2H3,(H,24,26). The van der Waals surface area contributed by atoms with E-state index in [0.717, 1.165) is 24.9 Å². The van der Waals surface area contributed by atoms with Crippen molar-refractivity contribution in [3.63, 3.8) is 0 Å². The van der Waals surface area contributed by atoms with Gasteiger partial charge in [0.1, 0.15) is 11.1 Å². The van der Waals surface area contributed by atoms with Crippen molar-refractivity contribution >= 4 is 16.9 Å². The van der Waals surface area contributed by atoms with Gasteiger partial charge in [-0.05, 0) is 43.5 Å². The highest BCUT2D eigenvalue weighted by Gasteiger charge is 2.30. The molecule has 28 heavy (non-hydrogen) atoms. The number of carbonyl (C=O) groups is 1. The molecule has 0 saturated heterocycles. The van der Waals surface area contributed by atoms with E-state index in [9.17, 15) is 9.59 Å². The van der Waals surface area contributed by atoms with E-state index in [0.29, 0.717) is 12.1 Å². The number of rotatable bonds is 4. The highest BCUT2D eigenvalue weighted by atomic mass is 16.4. The third-order valence-corrected chi connectivity index (χ3v) is 5.55. The summed E-state index contributed by atoms with van der Waals surface area (Å²) in [6.45, 7) is 6.48. The molecule has 0 aliphatic carbocycles. The molecule has 0 unspecified atom stereocenters. The maximum atomic E-state index is 12.6. The molecule has 0 bridgehead atoms. The van der Waals surface area contributed by atoms with Gasteiger partial charge in [-0.1, -0.05) is 42.5 Å². The molecule has 5 heteroatoms. The molecule has 1 aromatic heterocycles. The highest BCUT2D eigenvalue weighted by Crippen LogP contribution is 2.25. The highest BCUT2D eigenvalue weighted by molar-refractivity contribution is 5.96. The molecule has 0 atom stereocenters. The maximum absolute atomic E-state index is 12.6. The zero-order chi connectivity index (χ0) is 19.7. The molecule has 3 aromatic rings. The number of amides is 1. The largest absolute Gasteiger partial charge is 0.422 e. The molecule has 1 aliphatic heterocycles. The van der Waals surface area contributed by atoms with Crippen molar-refractivity contribution in [2.75, 3.05) is 13.1 Å². The second-order valence-electron chi connectivity index (χ2n) is 7.92. The van der Waals surface area contributed by atoms with Gasteiger partial charge in [-0.25, -0.2) is 4.79 Å². The topological polar surface area (TPSA) is 62.6 Å². The number of hydrogen-bond acceptors (Lipinski definition) is 4. The lowest BCUT2D eigenvalue weighted by Crippen LogP contribution is -2.53. The second kappa shape index (κ2) is 7.24. The smallest absolute Gasteiger partial charge is 0.349 e. The van der Waals surface area contributed by atoms with Crippen molar-refractivity contribution in [1.29, 1.82) is 0 Å². The number of nitrogens with one attached hydrogen (secondary N) is 1. The Bertz CT molecular complexity index is 1080. The summed E-state index contributed by atoms with van der Waals surface area (Å²) in [6.07, 6.45) is 1.00. The molecule has 1 amide bonds. The van der Waals surface area contributed by atoms with E-state index >= 15 is 0 Å². The Balaban J connectivity index is 1.47. The molecular weight excluding hydrogens is 352 g/mol. The Morgan fingerprint density at radius 3 is 2.64 bits per heavy atom. The van der Waals surface area contributed by atoms with Crippen LogP contribution in [-0.2, 0) is 13.0 Å². The van der Waals surface area contributed by atoms with Gasteiger partial charge in [0, 0.05) is 30.6 Å². The number of nitrogens with zero attached hydrogens (tertiary/aromatic N) is 1. The Kier molecular flexibility index (Phi) is 4.77. The van der Waals surface area contributed by atoms with Crippen LogP contribution in [0.25, 0.3) is 11.0 Å². The van der Waals surface area contributed by atoms with Crippen molar-refractivity contribution < 1.29 is 9.21 Å². The fourth-order valence-corrected chi connectivity index (χ4v) is 3.74. The minimum atomic E-state index is -0.610. The lowest BCUT2D eigenvalue weighted by atomic mass is 9.94. The molecule has 4 rings (SSSR count). The molecule has 144 valence electrons. The molecule has 0 radical (unpaired) electrons. The molecule has 0 saturated carbocycles. The van der Waals surface area contributed by atoms with Crippen LogP contribution in [0.3, 0.4) is 0 Å². The van der Waals surface area contributed by atoms with Crippen molar-refractivity contribution in [3.8, 4) is 0 Å². The van der Waals surface area contributed by atoms with Crippen LogP contribution in [0.1, 0.15) is 35.3 Å². The van der Waals surface area contributed by atoms with Crippen molar-refractivity contribution in [1.82, 2.24) is 10.2 Å². The zero-order valence-corrected chi connectivity index (χ0v) is 16.2. The normalized spacial score (nSPS) is 14.6. The predicted molar refractivity (Wildman–Crippen MR) is 109 cm³/mol. The summed E-state index contributed by atoms with van der Waals surface area (Å²) in [6, 6.07) is 17.3. The third-order valence-electron chi connectivity index (χ3n) is 5.55. The van der Waals surface area contributed by atoms with Crippen LogP contribution >= 0.6 is 0 Å². The van der Waals surface area contributed by atoms with Gasteiger partial charge in [0.05, 0.1) is 0 Å². The lowest BCUT2D eigenvalue weighted by molar-refractivity contribution is 0.0823. The number of para-hydroxylation sites is 1. The van der Waals surface area contributed by atoms with Gasteiger partial charge < -0.3 is 9.73 Å². The summed E-state index contributed by atoms with van der Waals surface area (Å²) < 4.78 is 5.27. The molecule has 1 aliphatic rings. The average molecular weight is 376 g/mol. The summed E-state index contributed by atoms with van der Waals surface area (Å²) >= 11 is 0. The summed E-state index contributed by atoms with van der Waals surface area (Å²) in [5, 5.41) is 3.66. The van der Waals surface area contributed by atoms with Crippen molar-refractivity contribution in [2.24, 2.45) is 0 Å². The Morgan fingerprint density at radius 2 is 1.82 bits per heavy atom. The van der Waals surface area contributed by atoms with E-state index in [4.69, 9.17) is 4.42 Å². The van der Waals surface area contributed by atoms with Crippen molar-refractivity contribution in [3.05, 3.63) is 81.7 Å². The molecular formula is C23H24N2O3. The van der Waals surface area contributed by atoms with Gasteiger partial charge in [-0.3, -0.25) is 9.69 Å². The molecule has 2 aromatic carbocycles. The Labute approximate surface area is 164 Å². The SMILES string of the molecule is CC(C)(CNC(=O)c1cc2ccccc2oc1=O)N1CCc2ccccc2C1. The number of fused-ring (bicyclic) bond motifs is 2. The number of hydrogen-bond donors (Lipinski definition) is 1. The Morgan fingerprint density at radius 1 is 1.11 bits per heavy atom. The number of carbonyl (C=O) groups excluding carboxylic acids is 1. The van der Waals surface area contributed by atoms with Gasteiger partial charge in [0.25, 0.3) is 5.91 Å². The molecule has 5 nitrogen and oxygen atoms in total. The predicted octanol–water partition coefficient (Wildman–Crippen LogP) is 3.36. The van der Waals surface area contributed by atoms with E-state index in [-0.39, 0.29) is 11.1 Å². The summed E-state index contributed by atoms with van der Waals surface area (Å²) in [7, 11) is 0. The third kappa shape index (κ3) is 3.58. The molecule has 2 heterocycles. The first-order chi connectivity index (χ1) is 13.4. The molecule has 1 N–H and O–H groups in total. The van der Waals surface area contributed by atoms with Crippen LogP contribution < -0.4 is 10.9 Å². The minimum Gasteiger partial charge on any atom is -0.422 e. The second-order valence-corrected chi connectivity index (χ2v) is 7.92. The Hall–Kier alpha value is -2.92. The van der Waals surface area contributed by atoms with Crippen LogP contribution in [0, 0.1) is 0 Å². The van der Waals surface area contributed by atoms with E-state index in [2.05, 4.69) is 48.3 Å². The van der Waals surface area contributed by atoms with Gasteiger partial charge in [-0.2, -0.15) is 0 Å². The summed E-state index contributed by atoms with van der Waals surface area (Å²) in [5.41, 5.74) is 2.41. The van der Waals surface area contributed by atoms with E-state index < -0.39 is 11.5 Å². The number of benzene rings is 2. The van der Waals surface area contributed by atoms with Crippen LogP contribution in [0.15, 0.2) is 63.8 Å². The maximum Gasteiger partial charge on any atom is 0.349 e. The first-order valence-electron chi connectivity index (χ1n) is 9.57. The monoisotopic (exact) mass is 376 g/mol. The van der Waals surface area contributed by atoms with E-state index in [1.54, 1.807) is 18.2 Å². The van der Waals surface area contributed by atoms with E-state index in [1.807, 2.05) is 12.1 Å². The summed E-state index contributed by atoms with van der Waals surface area (Å²) in [5.74, 6) is -0.398. The molecule has 0 fully saturated rings. The lowest BCUT2D eigenvalue weighted by Gasteiger charge is -2.41. The van der Waals surface area contributed by atoms with Crippen molar-refractivity contribution in [2.45, 2.75) is 32.4 Å². The van der Waals surface area contributed by atoms with Gasteiger partial charge >= 0.3 is 5.63 Å².